The molecular formula is C10H20N2O2. The molecule has 1 saturated heterocycles. The van der Waals surface area contributed by atoms with Crippen molar-refractivity contribution in [2.24, 2.45) is 17.1 Å². The zero-order valence-corrected chi connectivity index (χ0v) is 9.16. The van der Waals surface area contributed by atoms with Gasteiger partial charge in [0.1, 0.15) is 0 Å². The molecule has 0 aliphatic carbocycles. The zero-order valence-electron chi connectivity index (χ0n) is 9.16. The van der Waals surface area contributed by atoms with Crippen molar-refractivity contribution in [2.45, 2.75) is 26.8 Å². The largest absolute Gasteiger partial charge is 0.396 e. The van der Waals surface area contributed by atoms with Gasteiger partial charge in [-0.05, 0) is 12.8 Å². The molecule has 1 heterocycles. The second-order valence-corrected chi connectivity index (χ2v) is 4.72. The van der Waals surface area contributed by atoms with E-state index in [2.05, 4.69) is 6.92 Å². The number of hydrogen-bond donors (Lipinski definition) is 2. The molecule has 3 unspecified atom stereocenters. The minimum absolute atomic E-state index is 0.0935. The normalized spacial score (nSPS) is 35.9. The van der Waals surface area contributed by atoms with E-state index in [0.29, 0.717) is 5.92 Å². The number of carbonyl (C=O) groups is 1. The Morgan fingerprint density at radius 2 is 2.36 bits per heavy atom. The number of likely N-dealkylation sites (tertiary alicyclic amines) is 1. The molecule has 82 valence electrons. The number of hydrogen-bond acceptors (Lipinski definition) is 3. The molecule has 3 N–H and O–H groups in total. The highest BCUT2D eigenvalue weighted by molar-refractivity contribution is 5.79. The summed E-state index contributed by atoms with van der Waals surface area (Å²) >= 11 is 0. The number of nitrogens with zero attached hydrogens (tertiary/aromatic N) is 1. The van der Waals surface area contributed by atoms with Crippen molar-refractivity contribution in [2.75, 3.05) is 19.7 Å². The van der Waals surface area contributed by atoms with Crippen LogP contribution in [0.4, 0.5) is 0 Å². The monoisotopic (exact) mass is 200 g/mol. The predicted molar refractivity (Wildman–Crippen MR) is 54.6 cm³/mol. The maximum atomic E-state index is 11.0. The Labute approximate surface area is 85.1 Å². The molecule has 0 saturated carbocycles. The number of aliphatic hydroxyl groups excluding tert-OH is 1. The third kappa shape index (κ3) is 1.91. The van der Waals surface area contributed by atoms with Crippen LogP contribution in [0.1, 0.15) is 20.8 Å². The summed E-state index contributed by atoms with van der Waals surface area (Å²) in [5.74, 6) is 0.105. The van der Waals surface area contributed by atoms with Gasteiger partial charge in [0.2, 0.25) is 5.91 Å². The number of aliphatic hydroxyl groups is 1. The third-order valence-corrected chi connectivity index (χ3v) is 3.58. The fourth-order valence-electron chi connectivity index (χ4n) is 1.94. The molecule has 1 rings (SSSR count). The Hall–Kier alpha value is -0.610. The predicted octanol–water partition coefficient (Wildman–Crippen LogP) is -0.189. The molecule has 0 bridgehead atoms. The van der Waals surface area contributed by atoms with Crippen LogP contribution in [0.2, 0.25) is 0 Å². The van der Waals surface area contributed by atoms with Crippen molar-refractivity contribution in [1.82, 2.24) is 4.90 Å². The average Bonchev–Trinajstić information content (AvgIpc) is 2.43. The van der Waals surface area contributed by atoms with Gasteiger partial charge in [-0.2, -0.15) is 0 Å². The van der Waals surface area contributed by atoms with Crippen LogP contribution in [-0.4, -0.2) is 41.7 Å². The van der Waals surface area contributed by atoms with Gasteiger partial charge in [0.15, 0.2) is 0 Å². The Morgan fingerprint density at radius 1 is 1.79 bits per heavy atom. The molecule has 0 radical (unpaired) electrons. The van der Waals surface area contributed by atoms with E-state index in [1.807, 2.05) is 18.7 Å². The van der Waals surface area contributed by atoms with Gasteiger partial charge in [0, 0.05) is 25.1 Å². The summed E-state index contributed by atoms with van der Waals surface area (Å²) < 4.78 is 0. The molecule has 1 aliphatic heterocycles. The van der Waals surface area contributed by atoms with Crippen molar-refractivity contribution >= 4 is 5.91 Å². The highest BCUT2D eigenvalue weighted by atomic mass is 16.3. The highest BCUT2D eigenvalue weighted by Crippen LogP contribution is 2.35. The first-order chi connectivity index (χ1) is 6.40. The van der Waals surface area contributed by atoms with Gasteiger partial charge in [-0.15, -0.1) is 0 Å². The number of amides is 1. The lowest BCUT2D eigenvalue weighted by molar-refractivity contribution is -0.122. The van der Waals surface area contributed by atoms with Crippen molar-refractivity contribution in [1.29, 1.82) is 0 Å². The van der Waals surface area contributed by atoms with Gasteiger partial charge < -0.3 is 10.8 Å². The van der Waals surface area contributed by atoms with Gasteiger partial charge in [-0.1, -0.05) is 13.8 Å². The van der Waals surface area contributed by atoms with Crippen LogP contribution in [-0.2, 0) is 4.79 Å². The minimum atomic E-state index is -0.292. The molecule has 1 fully saturated rings. The van der Waals surface area contributed by atoms with Crippen molar-refractivity contribution in [3.8, 4) is 0 Å². The Bertz CT molecular complexity index is 232. The molecular weight excluding hydrogens is 180 g/mol. The van der Waals surface area contributed by atoms with E-state index < -0.39 is 0 Å². The van der Waals surface area contributed by atoms with Crippen LogP contribution in [0.15, 0.2) is 0 Å². The van der Waals surface area contributed by atoms with E-state index >= 15 is 0 Å². The summed E-state index contributed by atoms with van der Waals surface area (Å²) in [6.07, 6.45) is 0. The van der Waals surface area contributed by atoms with Crippen LogP contribution in [0.3, 0.4) is 0 Å². The summed E-state index contributed by atoms with van der Waals surface area (Å²) in [5.41, 5.74) is 5.15. The van der Waals surface area contributed by atoms with Gasteiger partial charge in [0.25, 0.3) is 0 Å². The first-order valence-electron chi connectivity index (χ1n) is 5.05. The summed E-state index contributed by atoms with van der Waals surface area (Å²) in [6, 6.07) is -0.231. The maximum Gasteiger partial charge on any atom is 0.234 e. The Kier molecular flexibility index (Phi) is 3.17. The third-order valence-electron chi connectivity index (χ3n) is 3.58. The molecule has 0 aromatic rings. The number of carbonyl (C=O) groups excluding carboxylic acids is 1. The van der Waals surface area contributed by atoms with E-state index in [9.17, 15) is 9.90 Å². The first kappa shape index (κ1) is 11.5. The molecule has 4 heteroatoms. The van der Waals surface area contributed by atoms with Crippen molar-refractivity contribution in [3.05, 3.63) is 0 Å². The van der Waals surface area contributed by atoms with Gasteiger partial charge in [-0.25, -0.2) is 0 Å². The van der Waals surface area contributed by atoms with E-state index in [0.717, 1.165) is 13.1 Å². The number of rotatable bonds is 3. The van der Waals surface area contributed by atoms with E-state index in [4.69, 9.17) is 5.73 Å². The molecule has 1 amide bonds. The Morgan fingerprint density at radius 3 is 2.71 bits per heavy atom. The van der Waals surface area contributed by atoms with Gasteiger partial charge >= 0.3 is 0 Å². The average molecular weight is 200 g/mol. The molecule has 14 heavy (non-hydrogen) atoms. The highest BCUT2D eigenvalue weighted by Gasteiger charge is 2.42. The SMILES string of the molecule is CC(C(N)=O)N1CC(C)C(C)(CO)C1. The molecule has 0 spiro atoms. The smallest absolute Gasteiger partial charge is 0.234 e. The standard InChI is InChI=1S/C10H20N2O2/c1-7-4-12(8(2)9(11)14)5-10(7,3)6-13/h7-8,13H,4-6H2,1-3H3,(H2,11,14). The summed E-state index contributed by atoms with van der Waals surface area (Å²) in [4.78, 5) is 13.1. The van der Waals surface area contributed by atoms with E-state index in [1.165, 1.54) is 0 Å². The minimum Gasteiger partial charge on any atom is -0.396 e. The first-order valence-corrected chi connectivity index (χ1v) is 5.05. The van der Waals surface area contributed by atoms with Crippen molar-refractivity contribution in [3.63, 3.8) is 0 Å². The van der Waals surface area contributed by atoms with Crippen LogP contribution in [0.25, 0.3) is 0 Å². The molecule has 1 aliphatic rings. The lowest BCUT2D eigenvalue weighted by Gasteiger charge is -2.26. The zero-order chi connectivity index (χ0) is 10.9. The second-order valence-electron chi connectivity index (χ2n) is 4.72. The summed E-state index contributed by atoms with van der Waals surface area (Å²) in [6.45, 7) is 7.71. The van der Waals surface area contributed by atoms with Gasteiger partial charge in [0.05, 0.1) is 6.04 Å². The number of primary amides is 1. The van der Waals surface area contributed by atoms with Crippen LogP contribution in [0, 0.1) is 11.3 Å². The van der Waals surface area contributed by atoms with Crippen LogP contribution < -0.4 is 5.73 Å². The lowest BCUT2D eigenvalue weighted by Crippen LogP contribution is -2.42. The molecule has 3 atom stereocenters. The molecule has 0 aromatic heterocycles. The summed E-state index contributed by atoms with van der Waals surface area (Å²) in [5, 5.41) is 9.29. The lowest BCUT2D eigenvalue weighted by atomic mass is 9.82. The van der Waals surface area contributed by atoms with Crippen molar-refractivity contribution < 1.29 is 9.90 Å². The van der Waals surface area contributed by atoms with Gasteiger partial charge in [-0.3, -0.25) is 9.69 Å². The fourth-order valence-corrected chi connectivity index (χ4v) is 1.94. The van der Waals surface area contributed by atoms with E-state index in [1.54, 1.807) is 0 Å². The maximum absolute atomic E-state index is 11.0. The van der Waals surface area contributed by atoms with E-state index in [-0.39, 0.29) is 24.0 Å². The Balaban J connectivity index is 2.67. The molecule has 0 aromatic carbocycles. The topological polar surface area (TPSA) is 66.6 Å². The van der Waals surface area contributed by atoms with Crippen LogP contribution >= 0.6 is 0 Å². The molecule has 4 nitrogen and oxygen atoms in total. The quantitative estimate of drug-likeness (QED) is 0.663. The number of nitrogens with two attached hydrogens (primary N) is 1. The second kappa shape index (κ2) is 3.87. The summed E-state index contributed by atoms with van der Waals surface area (Å²) in [7, 11) is 0. The van der Waals surface area contributed by atoms with Crippen LogP contribution in [0.5, 0.6) is 0 Å². The fraction of sp³-hybridized carbons (Fsp3) is 0.900.